The molecule has 1 aromatic carbocycles. The van der Waals surface area contributed by atoms with Crippen LogP contribution in [0.4, 0.5) is 9.18 Å². The Morgan fingerprint density at radius 2 is 2.16 bits per heavy atom. The third-order valence-corrected chi connectivity index (χ3v) is 5.73. The summed E-state index contributed by atoms with van der Waals surface area (Å²) in [6, 6.07) is 4.15. The molecule has 3 rings (SSSR count). The fourth-order valence-electron chi connectivity index (χ4n) is 3.87. The van der Waals surface area contributed by atoms with E-state index in [4.69, 9.17) is 11.6 Å². The lowest BCUT2D eigenvalue weighted by Crippen LogP contribution is -2.54. The van der Waals surface area contributed by atoms with Gasteiger partial charge in [0, 0.05) is 17.1 Å². The maximum atomic E-state index is 13.9. The molecule has 7 heteroatoms. The fraction of sp³-hybridized carbons (Fsp3) is 0.556. The van der Waals surface area contributed by atoms with E-state index in [9.17, 15) is 14.0 Å². The van der Waals surface area contributed by atoms with Gasteiger partial charge in [-0.1, -0.05) is 37.4 Å². The first-order chi connectivity index (χ1) is 11.8. The third-order valence-electron chi connectivity index (χ3n) is 5.37. The SMILES string of the molecule is C[C@H]1CCCC[C@@]12NC(=O)N(CN(C)Cc1c(F)cccc1Cl)C2=O. The van der Waals surface area contributed by atoms with Crippen molar-refractivity contribution in [2.24, 2.45) is 5.92 Å². The third kappa shape index (κ3) is 3.25. The number of carbonyl (C=O) groups excluding carboxylic acids is 2. The van der Waals surface area contributed by atoms with Crippen LogP contribution in [0.2, 0.25) is 5.02 Å². The first kappa shape index (κ1) is 18.1. The van der Waals surface area contributed by atoms with Crippen molar-refractivity contribution in [3.05, 3.63) is 34.6 Å². The zero-order chi connectivity index (χ0) is 18.2. The molecule has 25 heavy (non-hydrogen) atoms. The van der Waals surface area contributed by atoms with Gasteiger partial charge in [0.15, 0.2) is 0 Å². The summed E-state index contributed by atoms with van der Waals surface area (Å²) in [4.78, 5) is 28.3. The van der Waals surface area contributed by atoms with Gasteiger partial charge in [0.05, 0.1) is 6.67 Å². The minimum atomic E-state index is -0.772. The summed E-state index contributed by atoms with van der Waals surface area (Å²) in [7, 11) is 1.73. The summed E-state index contributed by atoms with van der Waals surface area (Å²) in [5.41, 5.74) is -0.411. The van der Waals surface area contributed by atoms with Crippen LogP contribution in [0.1, 0.15) is 38.2 Å². The molecule has 2 atom stereocenters. The molecule has 5 nitrogen and oxygen atoms in total. The monoisotopic (exact) mass is 367 g/mol. The number of urea groups is 1. The van der Waals surface area contributed by atoms with Crippen LogP contribution in [0, 0.1) is 11.7 Å². The Morgan fingerprint density at radius 1 is 1.40 bits per heavy atom. The second kappa shape index (κ2) is 6.92. The number of rotatable bonds is 4. The van der Waals surface area contributed by atoms with E-state index in [2.05, 4.69) is 5.32 Å². The van der Waals surface area contributed by atoms with E-state index in [0.29, 0.717) is 17.0 Å². The fourth-order valence-corrected chi connectivity index (χ4v) is 4.09. The van der Waals surface area contributed by atoms with Crippen LogP contribution in [0.5, 0.6) is 0 Å². The number of nitrogens with zero attached hydrogens (tertiary/aromatic N) is 2. The highest BCUT2D eigenvalue weighted by Crippen LogP contribution is 2.38. The van der Waals surface area contributed by atoms with Gasteiger partial charge in [0.2, 0.25) is 0 Å². The van der Waals surface area contributed by atoms with Gasteiger partial charge in [0.25, 0.3) is 5.91 Å². The van der Waals surface area contributed by atoms with Gasteiger partial charge < -0.3 is 5.32 Å². The lowest BCUT2D eigenvalue weighted by Gasteiger charge is -2.37. The number of imide groups is 1. The summed E-state index contributed by atoms with van der Waals surface area (Å²) < 4.78 is 13.9. The van der Waals surface area contributed by atoms with Crippen molar-refractivity contribution >= 4 is 23.5 Å². The molecule has 2 fully saturated rings. The van der Waals surface area contributed by atoms with E-state index in [1.165, 1.54) is 11.0 Å². The molecule has 1 spiro atoms. The van der Waals surface area contributed by atoms with Crippen LogP contribution in [-0.2, 0) is 11.3 Å². The normalized spacial score (nSPS) is 26.6. The molecule has 136 valence electrons. The number of halogens is 2. The molecule has 2 aliphatic rings. The lowest BCUT2D eigenvalue weighted by molar-refractivity contribution is -0.135. The van der Waals surface area contributed by atoms with Crippen molar-refractivity contribution in [1.29, 1.82) is 0 Å². The van der Waals surface area contributed by atoms with E-state index in [0.717, 1.165) is 19.3 Å². The van der Waals surface area contributed by atoms with Crippen LogP contribution < -0.4 is 5.32 Å². The Kier molecular flexibility index (Phi) is 5.02. The molecule has 1 N–H and O–H groups in total. The average Bonchev–Trinajstić information content (AvgIpc) is 2.79. The van der Waals surface area contributed by atoms with Crippen LogP contribution >= 0.6 is 11.6 Å². The molecule has 3 amide bonds. The molecule has 1 aliphatic heterocycles. The number of amides is 3. The number of hydrogen-bond donors (Lipinski definition) is 1. The van der Waals surface area contributed by atoms with Crippen LogP contribution in [0.3, 0.4) is 0 Å². The molecular formula is C18H23ClFN3O2. The number of hydrogen-bond acceptors (Lipinski definition) is 3. The second-order valence-corrected chi connectivity index (χ2v) is 7.54. The maximum Gasteiger partial charge on any atom is 0.326 e. The summed E-state index contributed by atoms with van der Waals surface area (Å²) >= 11 is 6.06. The van der Waals surface area contributed by atoms with Gasteiger partial charge in [-0.15, -0.1) is 0 Å². The minimum Gasteiger partial charge on any atom is -0.323 e. The summed E-state index contributed by atoms with van der Waals surface area (Å²) in [5.74, 6) is -0.445. The van der Waals surface area contributed by atoms with Gasteiger partial charge in [-0.05, 0) is 37.9 Å². The first-order valence-electron chi connectivity index (χ1n) is 8.60. The molecular weight excluding hydrogens is 345 g/mol. The molecule has 1 saturated carbocycles. The van der Waals surface area contributed by atoms with Crippen molar-refractivity contribution in [3.8, 4) is 0 Å². The molecule has 1 saturated heterocycles. The zero-order valence-electron chi connectivity index (χ0n) is 14.5. The first-order valence-corrected chi connectivity index (χ1v) is 8.98. The molecule has 1 heterocycles. The smallest absolute Gasteiger partial charge is 0.323 e. The Balaban J connectivity index is 1.72. The topological polar surface area (TPSA) is 52.7 Å². The van der Waals surface area contributed by atoms with Gasteiger partial charge >= 0.3 is 6.03 Å². The quantitative estimate of drug-likeness (QED) is 0.830. The summed E-state index contributed by atoms with van der Waals surface area (Å²) in [5, 5.41) is 3.26. The zero-order valence-corrected chi connectivity index (χ0v) is 15.3. The molecule has 0 aromatic heterocycles. The second-order valence-electron chi connectivity index (χ2n) is 7.14. The van der Waals surface area contributed by atoms with Gasteiger partial charge in [0.1, 0.15) is 11.4 Å². The molecule has 1 aliphatic carbocycles. The summed E-state index contributed by atoms with van der Waals surface area (Å²) in [6.07, 6.45) is 3.63. The van der Waals surface area contributed by atoms with Gasteiger partial charge in [-0.2, -0.15) is 0 Å². The number of nitrogens with one attached hydrogen (secondary N) is 1. The van der Waals surface area contributed by atoms with Crippen LogP contribution in [0.25, 0.3) is 0 Å². The Bertz CT molecular complexity index is 679. The van der Waals surface area contributed by atoms with E-state index in [1.54, 1.807) is 24.1 Å². The Labute approximate surface area is 152 Å². The Hall–Kier alpha value is -1.66. The minimum absolute atomic E-state index is 0.101. The van der Waals surface area contributed by atoms with E-state index < -0.39 is 11.4 Å². The van der Waals surface area contributed by atoms with Crippen molar-refractivity contribution in [1.82, 2.24) is 15.1 Å². The molecule has 1 aromatic rings. The van der Waals surface area contributed by atoms with Crippen LogP contribution in [-0.4, -0.2) is 41.0 Å². The van der Waals surface area contributed by atoms with Crippen molar-refractivity contribution in [3.63, 3.8) is 0 Å². The lowest BCUT2D eigenvalue weighted by atomic mass is 9.73. The Morgan fingerprint density at radius 3 is 2.84 bits per heavy atom. The standard InChI is InChI=1S/C18H23ClFN3O2/c1-12-6-3-4-9-18(12)16(24)23(17(25)21-18)11-22(2)10-13-14(19)7-5-8-15(13)20/h5,7-8,12H,3-4,6,9-11H2,1-2H3,(H,21,25)/t12-,18+/m0/s1. The highest BCUT2D eigenvalue weighted by molar-refractivity contribution is 6.31. The van der Waals surface area contributed by atoms with Gasteiger partial charge in [-0.3, -0.25) is 9.69 Å². The van der Waals surface area contributed by atoms with E-state index in [1.807, 2.05) is 6.92 Å². The van der Waals surface area contributed by atoms with Crippen molar-refractivity contribution < 1.29 is 14.0 Å². The van der Waals surface area contributed by atoms with Crippen molar-refractivity contribution in [2.45, 2.75) is 44.7 Å². The van der Waals surface area contributed by atoms with E-state index in [-0.39, 0.29) is 31.1 Å². The molecule has 0 bridgehead atoms. The highest BCUT2D eigenvalue weighted by atomic mass is 35.5. The average molecular weight is 368 g/mol. The van der Waals surface area contributed by atoms with Crippen LogP contribution in [0.15, 0.2) is 18.2 Å². The van der Waals surface area contributed by atoms with E-state index >= 15 is 0 Å². The predicted molar refractivity (Wildman–Crippen MR) is 93.5 cm³/mol. The predicted octanol–water partition coefficient (Wildman–Crippen LogP) is 3.37. The van der Waals surface area contributed by atoms with Gasteiger partial charge in [-0.25, -0.2) is 14.1 Å². The molecule has 0 radical (unpaired) electrons. The maximum absolute atomic E-state index is 13.9. The number of benzene rings is 1. The molecule has 0 unspecified atom stereocenters. The summed E-state index contributed by atoms with van der Waals surface area (Å²) in [6.45, 7) is 2.33. The highest BCUT2D eigenvalue weighted by Gasteiger charge is 2.54. The largest absolute Gasteiger partial charge is 0.326 e. The van der Waals surface area contributed by atoms with Crippen molar-refractivity contribution in [2.75, 3.05) is 13.7 Å². The number of carbonyl (C=O) groups is 2.